The lowest BCUT2D eigenvalue weighted by Gasteiger charge is -2.35. The maximum atomic E-state index is 12.9. The predicted octanol–water partition coefficient (Wildman–Crippen LogP) is 3.95. The van der Waals surface area contributed by atoms with Gasteiger partial charge in [0.15, 0.2) is 0 Å². The van der Waals surface area contributed by atoms with E-state index in [2.05, 4.69) is 40.6 Å². The molecule has 1 aliphatic heterocycles. The molecule has 3 aromatic rings. The maximum Gasteiger partial charge on any atom is 0.317 e. The third kappa shape index (κ3) is 3.83. The topological polar surface area (TPSA) is 54.5 Å². The molecule has 1 atom stereocenters. The van der Waals surface area contributed by atoms with Crippen LogP contribution in [0.15, 0.2) is 72.9 Å². The summed E-state index contributed by atoms with van der Waals surface area (Å²) < 4.78 is 5.15. The Bertz CT molecular complexity index is 959. The molecule has 5 nitrogen and oxygen atoms in total. The van der Waals surface area contributed by atoms with Gasteiger partial charge in [-0.3, -0.25) is 0 Å². The van der Waals surface area contributed by atoms with E-state index in [4.69, 9.17) is 4.74 Å². The van der Waals surface area contributed by atoms with Gasteiger partial charge in [0.2, 0.25) is 5.88 Å². The molecule has 0 saturated carbocycles. The number of ether oxygens (including phenoxy) is 1. The first kappa shape index (κ1) is 18.0. The second-order valence-electron chi connectivity index (χ2n) is 6.91. The Morgan fingerprint density at radius 1 is 1.14 bits per heavy atom. The number of carbonyl (C=O) groups is 1. The fourth-order valence-electron chi connectivity index (χ4n) is 3.69. The largest absolute Gasteiger partial charge is 0.481 e. The molecule has 28 heavy (non-hydrogen) atoms. The Morgan fingerprint density at radius 3 is 2.75 bits per heavy atom. The number of amides is 2. The monoisotopic (exact) mass is 373 g/mol. The van der Waals surface area contributed by atoms with E-state index in [0.29, 0.717) is 25.5 Å². The molecule has 0 spiro atoms. The number of nitrogens with one attached hydrogen (secondary N) is 1. The first-order valence-corrected chi connectivity index (χ1v) is 9.39. The number of pyridine rings is 1. The predicted molar refractivity (Wildman–Crippen MR) is 108 cm³/mol. The Kier molecular flexibility index (Phi) is 5.24. The summed E-state index contributed by atoms with van der Waals surface area (Å²) in [6.45, 7) is 1.71. The van der Waals surface area contributed by atoms with Crippen LogP contribution in [-0.2, 0) is 13.1 Å². The van der Waals surface area contributed by atoms with Gasteiger partial charge in [-0.15, -0.1) is 0 Å². The summed E-state index contributed by atoms with van der Waals surface area (Å²) in [5.74, 6) is 0.723. The highest BCUT2D eigenvalue weighted by atomic mass is 16.5. The molecular weight excluding hydrogens is 350 g/mol. The zero-order valence-electron chi connectivity index (χ0n) is 15.8. The van der Waals surface area contributed by atoms with Crippen molar-refractivity contribution in [3.63, 3.8) is 0 Å². The molecule has 0 saturated heterocycles. The third-order valence-electron chi connectivity index (χ3n) is 5.14. The molecule has 0 radical (unpaired) electrons. The molecule has 0 aliphatic carbocycles. The van der Waals surface area contributed by atoms with Gasteiger partial charge in [-0.05, 0) is 28.3 Å². The normalized spacial score (nSPS) is 15.6. The van der Waals surface area contributed by atoms with Crippen LogP contribution in [-0.4, -0.2) is 29.6 Å². The number of methoxy groups -OCH3 is 1. The van der Waals surface area contributed by atoms with E-state index in [-0.39, 0.29) is 11.9 Å². The minimum atomic E-state index is -0.0637. The summed E-state index contributed by atoms with van der Waals surface area (Å²) >= 11 is 0. The van der Waals surface area contributed by atoms with Crippen molar-refractivity contribution in [3.05, 3.63) is 95.2 Å². The number of fused-ring (bicyclic) bond motifs is 1. The van der Waals surface area contributed by atoms with Gasteiger partial charge in [0.25, 0.3) is 0 Å². The number of aromatic nitrogens is 1. The fourth-order valence-corrected chi connectivity index (χ4v) is 3.69. The molecule has 2 amide bonds. The number of urea groups is 1. The van der Waals surface area contributed by atoms with Crippen molar-refractivity contribution in [2.24, 2.45) is 0 Å². The molecule has 1 aromatic heterocycles. The van der Waals surface area contributed by atoms with Crippen molar-refractivity contribution in [2.75, 3.05) is 13.7 Å². The second kappa shape index (κ2) is 8.13. The average molecular weight is 373 g/mol. The van der Waals surface area contributed by atoms with Crippen LogP contribution in [0.2, 0.25) is 0 Å². The van der Waals surface area contributed by atoms with E-state index < -0.39 is 0 Å². The van der Waals surface area contributed by atoms with Crippen molar-refractivity contribution in [2.45, 2.75) is 19.0 Å². The highest BCUT2D eigenvalue weighted by Gasteiger charge is 2.28. The minimum absolute atomic E-state index is 0.0637. The van der Waals surface area contributed by atoms with E-state index in [1.807, 2.05) is 41.3 Å². The molecule has 0 bridgehead atoms. The molecule has 0 fully saturated rings. The summed E-state index contributed by atoms with van der Waals surface area (Å²) in [4.78, 5) is 18.9. The number of hydrogen-bond donors (Lipinski definition) is 1. The van der Waals surface area contributed by atoms with Crippen molar-refractivity contribution in [1.29, 1.82) is 0 Å². The summed E-state index contributed by atoms with van der Waals surface area (Å²) in [7, 11) is 1.58. The highest BCUT2D eigenvalue weighted by molar-refractivity contribution is 5.75. The number of nitrogens with zero attached hydrogens (tertiary/aromatic N) is 2. The molecule has 1 N–H and O–H groups in total. The Morgan fingerprint density at radius 2 is 1.93 bits per heavy atom. The van der Waals surface area contributed by atoms with Gasteiger partial charge in [0, 0.05) is 37.8 Å². The van der Waals surface area contributed by atoms with E-state index in [1.54, 1.807) is 13.3 Å². The van der Waals surface area contributed by atoms with E-state index in [0.717, 1.165) is 5.56 Å². The zero-order chi connectivity index (χ0) is 19.3. The minimum Gasteiger partial charge on any atom is -0.481 e. The molecule has 2 heterocycles. The van der Waals surface area contributed by atoms with Crippen molar-refractivity contribution < 1.29 is 9.53 Å². The van der Waals surface area contributed by atoms with Crippen molar-refractivity contribution in [3.8, 4) is 5.88 Å². The number of rotatable bonds is 4. The van der Waals surface area contributed by atoms with Gasteiger partial charge >= 0.3 is 6.03 Å². The smallest absolute Gasteiger partial charge is 0.317 e. The Balaban J connectivity index is 1.51. The average Bonchev–Trinajstić information content (AvgIpc) is 2.77. The van der Waals surface area contributed by atoms with Gasteiger partial charge in [-0.1, -0.05) is 54.6 Å². The number of carbonyl (C=O) groups excluding carboxylic acids is 1. The SMILES string of the molecule is COc1cc(CNC(=O)N2Cc3ccccc3[C@H](c3ccccc3)C2)ccn1. The van der Waals surface area contributed by atoms with Gasteiger partial charge in [-0.2, -0.15) is 0 Å². The quantitative estimate of drug-likeness (QED) is 0.753. The van der Waals surface area contributed by atoms with Gasteiger partial charge in [0.05, 0.1) is 7.11 Å². The van der Waals surface area contributed by atoms with Crippen LogP contribution in [0, 0.1) is 0 Å². The molecule has 2 aromatic carbocycles. The number of hydrogen-bond acceptors (Lipinski definition) is 3. The second-order valence-corrected chi connectivity index (χ2v) is 6.91. The lowest BCUT2D eigenvalue weighted by atomic mass is 9.85. The highest BCUT2D eigenvalue weighted by Crippen LogP contribution is 2.33. The van der Waals surface area contributed by atoms with E-state index >= 15 is 0 Å². The zero-order valence-corrected chi connectivity index (χ0v) is 15.8. The molecule has 1 aliphatic rings. The van der Waals surface area contributed by atoms with E-state index in [9.17, 15) is 4.79 Å². The molecule has 4 rings (SSSR count). The van der Waals surface area contributed by atoms with E-state index in [1.165, 1.54) is 16.7 Å². The van der Waals surface area contributed by atoms with Gasteiger partial charge in [-0.25, -0.2) is 9.78 Å². The Hall–Kier alpha value is -3.34. The number of benzene rings is 2. The standard InChI is InChI=1S/C23H23N3O2/c1-28-22-13-17(11-12-24-22)14-25-23(27)26-15-19-9-5-6-10-20(19)21(16-26)18-7-3-2-4-8-18/h2-13,21H,14-16H2,1H3,(H,25,27)/t21-/m0/s1. The first-order valence-electron chi connectivity index (χ1n) is 9.39. The summed E-state index contributed by atoms with van der Waals surface area (Å²) in [5.41, 5.74) is 4.68. The lowest BCUT2D eigenvalue weighted by Crippen LogP contribution is -2.44. The van der Waals surface area contributed by atoms with Crippen LogP contribution in [0.25, 0.3) is 0 Å². The Labute approximate surface area is 165 Å². The fraction of sp³-hybridized carbons (Fsp3) is 0.217. The summed E-state index contributed by atoms with van der Waals surface area (Å²) in [5, 5.41) is 3.03. The van der Waals surface area contributed by atoms with Crippen LogP contribution in [0.3, 0.4) is 0 Å². The summed E-state index contributed by atoms with van der Waals surface area (Å²) in [6.07, 6.45) is 1.68. The first-order chi connectivity index (χ1) is 13.7. The lowest BCUT2D eigenvalue weighted by molar-refractivity contribution is 0.188. The third-order valence-corrected chi connectivity index (χ3v) is 5.14. The maximum absolute atomic E-state index is 12.9. The molecule has 5 heteroatoms. The van der Waals surface area contributed by atoms with Crippen LogP contribution in [0.1, 0.15) is 28.2 Å². The van der Waals surface area contributed by atoms with Crippen LogP contribution >= 0.6 is 0 Å². The van der Waals surface area contributed by atoms with Gasteiger partial charge in [0.1, 0.15) is 0 Å². The van der Waals surface area contributed by atoms with Gasteiger partial charge < -0.3 is 15.0 Å². The summed E-state index contributed by atoms with van der Waals surface area (Å²) in [6, 6.07) is 22.4. The van der Waals surface area contributed by atoms with Crippen LogP contribution in [0.4, 0.5) is 4.79 Å². The van der Waals surface area contributed by atoms with Crippen LogP contribution < -0.4 is 10.1 Å². The van der Waals surface area contributed by atoms with Crippen molar-refractivity contribution in [1.82, 2.24) is 15.2 Å². The van der Waals surface area contributed by atoms with Crippen molar-refractivity contribution >= 4 is 6.03 Å². The molecule has 0 unspecified atom stereocenters. The van der Waals surface area contributed by atoms with Crippen LogP contribution in [0.5, 0.6) is 5.88 Å². The molecule has 142 valence electrons. The molecular formula is C23H23N3O2.